The molecule has 0 saturated heterocycles. The number of hydrogen-bond acceptors (Lipinski definition) is 5. The Morgan fingerprint density at radius 1 is 0.814 bits per heavy atom. The Labute approximate surface area is 254 Å². The van der Waals surface area contributed by atoms with E-state index in [1.807, 2.05) is 60.7 Å². The lowest BCUT2D eigenvalue weighted by molar-refractivity contribution is -0.132. The van der Waals surface area contributed by atoms with E-state index in [0.29, 0.717) is 25.2 Å². The van der Waals surface area contributed by atoms with E-state index in [-0.39, 0.29) is 30.1 Å². The van der Waals surface area contributed by atoms with E-state index in [9.17, 15) is 19.8 Å². The molecule has 0 aliphatic heterocycles. The summed E-state index contributed by atoms with van der Waals surface area (Å²) in [5.74, 6) is -0.471. The zero-order valence-electron chi connectivity index (χ0n) is 24.9. The van der Waals surface area contributed by atoms with Crippen LogP contribution >= 0.6 is 0 Å². The van der Waals surface area contributed by atoms with Crippen LogP contribution < -0.4 is 10.6 Å². The molecule has 5 N–H and O–H groups in total. The molecule has 0 bridgehead atoms. The van der Waals surface area contributed by atoms with Crippen molar-refractivity contribution in [3.8, 4) is 0 Å². The molecule has 230 valence electrons. The molecule has 5 rings (SSSR count). The number of aromatic nitrogens is 2. The highest BCUT2D eigenvalue weighted by Crippen LogP contribution is 2.36. The number of aromatic amines is 1. The summed E-state index contributed by atoms with van der Waals surface area (Å²) in [5, 5.41) is 28.2. The van der Waals surface area contributed by atoms with Crippen molar-refractivity contribution in [2.24, 2.45) is 17.8 Å². The first kappa shape index (κ1) is 31.0. The predicted octanol–water partition coefficient (Wildman–Crippen LogP) is 4.13. The second-order valence-corrected chi connectivity index (χ2v) is 12.6. The Hall–Kier alpha value is -3.49. The molecule has 0 radical (unpaired) electrons. The number of benzene rings is 2. The van der Waals surface area contributed by atoms with Crippen LogP contribution in [0.3, 0.4) is 0 Å². The minimum Gasteiger partial charge on any atom is -0.390 e. The van der Waals surface area contributed by atoms with Crippen LogP contribution in [0.4, 0.5) is 0 Å². The number of carbonyl (C=O) groups is 2. The Bertz CT molecular complexity index is 1220. The van der Waals surface area contributed by atoms with Gasteiger partial charge in [0.05, 0.1) is 18.5 Å². The maximum absolute atomic E-state index is 14.0. The maximum atomic E-state index is 14.0. The predicted molar refractivity (Wildman–Crippen MR) is 166 cm³/mol. The number of carbonyl (C=O) groups excluding carboxylic acids is 2. The van der Waals surface area contributed by atoms with E-state index >= 15 is 0 Å². The van der Waals surface area contributed by atoms with Crippen LogP contribution in [0.15, 0.2) is 73.2 Å². The van der Waals surface area contributed by atoms with E-state index in [1.54, 1.807) is 12.5 Å². The van der Waals surface area contributed by atoms with Gasteiger partial charge in [0.25, 0.3) is 0 Å². The first-order valence-electron chi connectivity index (χ1n) is 16.0. The highest BCUT2D eigenvalue weighted by molar-refractivity contribution is 5.89. The van der Waals surface area contributed by atoms with Gasteiger partial charge in [-0.3, -0.25) is 9.59 Å². The maximum Gasteiger partial charge on any atom is 0.243 e. The summed E-state index contributed by atoms with van der Waals surface area (Å²) >= 11 is 0. The average Bonchev–Trinajstić information content (AvgIpc) is 3.76. The Balaban J connectivity index is 1.34. The minimum absolute atomic E-state index is 0.0815. The molecule has 1 heterocycles. The monoisotopic (exact) mass is 586 g/mol. The Morgan fingerprint density at radius 3 is 2.00 bits per heavy atom. The number of hydrogen-bond donors (Lipinski definition) is 5. The first-order chi connectivity index (χ1) is 21.0. The van der Waals surface area contributed by atoms with Gasteiger partial charge in [0.1, 0.15) is 12.1 Å². The molecular formula is C35H46N4O4. The van der Waals surface area contributed by atoms with Crippen molar-refractivity contribution in [2.45, 2.75) is 94.9 Å². The molecule has 4 atom stereocenters. The molecule has 2 aliphatic rings. The molecule has 2 fully saturated rings. The van der Waals surface area contributed by atoms with Crippen molar-refractivity contribution in [1.29, 1.82) is 0 Å². The standard InChI is InChI=1S/C35H46N4O4/c40-32(27-16-17-27)33(41)30(20-26-14-8-3-9-15-26)38-35(43)31(21-29-22-36-23-37-29)39-34(42)28(18-24-10-4-1-5-11-24)19-25-12-6-2-7-13-25/h1-2,4-7,10-13,22-23,26-28,30-33,40-41H,3,8-9,14-21H2,(H,36,37)(H,38,43)(H,39,42)/t30-,31-,32-,33+/m0/s1. The fourth-order valence-electron chi connectivity index (χ4n) is 6.47. The largest absolute Gasteiger partial charge is 0.390 e. The fourth-order valence-corrected chi connectivity index (χ4v) is 6.47. The summed E-state index contributed by atoms with van der Waals surface area (Å²) in [5.41, 5.74) is 2.83. The van der Waals surface area contributed by atoms with E-state index in [0.717, 1.165) is 55.3 Å². The van der Waals surface area contributed by atoms with Crippen LogP contribution in [0, 0.1) is 17.8 Å². The van der Waals surface area contributed by atoms with Gasteiger partial charge in [-0.15, -0.1) is 0 Å². The van der Waals surface area contributed by atoms with Crippen molar-refractivity contribution in [1.82, 2.24) is 20.6 Å². The van der Waals surface area contributed by atoms with Crippen LogP contribution in [-0.4, -0.2) is 56.3 Å². The molecule has 1 aromatic heterocycles. The number of nitrogens with zero attached hydrogens (tertiary/aromatic N) is 1. The van der Waals surface area contributed by atoms with Crippen molar-refractivity contribution in [2.75, 3.05) is 0 Å². The second-order valence-electron chi connectivity index (χ2n) is 12.6. The number of aliphatic hydroxyl groups is 2. The van der Waals surface area contributed by atoms with Gasteiger partial charge in [0.15, 0.2) is 0 Å². The first-order valence-corrected chi connectivity index (χ1v) is 16.0. The number of imidazole rings is 1. The fraction of sp³-hybridized carbons (Fsp3) is 0.514. The molecule has 2 aliphatic carbocycles. The minimum atomic E-state index is -1.05. The molecule has 8 heteroatoms. The van der Waals surface area contributed by atoms with Gasteiger partial charge < -0.3 is 25.8 Å². The van der Waals surface area contributed by atoms with Gasteiger partial charge in [-0.2, -0.15) is 0 Å². The van der Waals surface area contributed by atoms with Crippen molar-refractivity contribution in [3.63, 3.8) is 0 Å². The van der Waals surface area contributed by atoms with E-state index < -0.39 is 24.3 Å². The van der Waals surface area contributed by atoms with Crippen LogP contribution in [0.2, 0.25) is 0 Å². The molecule has 8 nitrogen and oxygen atoms in total. The SMILES string of the molecule is O=C(N[C@@H](Cc1cnc[nH]1)C(=O)N[C@@H](CC1CCCCC1)[C@@H](O)[C@@H](O)C1CC1)C(Cc1ccccc1)Cc1ccccc1. The molecule has 43 heavy (non-hydrogen) atoms. The topological polar surface area (TPSA) is 127 Å². The molecule has 2 amide bonds. The van der Waals surface area contributed by atoms with Gasteiger partial charge >= 0.3 is 0 Å². The summed E-state index contributed by atoms with van der Waals surface area (Å²) in [4.78, 5) is 35.0. The van der Waals surface area contributed by atoms with Gasteiger partial charge in [0.2, 0.25) is 11.8 Å². The quantitative estimate of drug-likeness (QED) is 0.183. The number of H-pyrrole nitrogens is 1. The van der Waals surface area contributed by atoms with Crippen molar-refractivity contribution >= 4 is 11.8 Å². The lowest BCUT2D eigenvalue weighted by atomic mass is 9.82. The third-order valence-electron chi connectivity index (χ3n) is 9.14. The van der Waals surface area contributed by atoms with Crippen molar-refractivity contribution in [3.05, 3.63) is 90.0 Å². The van der Waals surface area contributed by atoms with Crippen LogP contribution in [0.1, 0.15) is 68.2 Å². The van der Waals surface area contributed by atoms with Gasteiger partial charge in [0, 0.05) is 24.2 Å². The number of nitrogens with one attached hydrogen (secondary N) is 3. The van der Waals surface area contributed by atoms with E-state index in [1.165, 1.54) is 6.42 Å². The van der Waals surface area contributed by atoms with Crippen LogP contribution in [0.25, 0.3) is 0 Å². The molecule has 0 unspecified atom stereocenters. The van der Waals surface area contributed by atoms with Gasteiger partial charge in [-0.1, -0.05) is 92.8 Å². The normalized spacial score (nSPS) is 18.5. The van der Waals surface area contributed by atoms with Crippen molar-refractivity contribution < 1.29 is 19.8 Å². The molecule has 3 aromatic rings. The highest BCUT2D eigenvalue weighted by atomic mass is 16.3. The molecule has 0 spiro atoms. The smallest absolute Gasteiger partial charge is 0.243 e. The average molecular weight is 587 g/mol. The molecule has 2 aromatic carbocycles. The Morgan fingerprint density at radius 2 is 1.44 bits per heavy atom. The number of rotatable bonds is 15. The zero-order valence-corrected chi connectivity index (χ0v) is 24.9. The summed E-state index contributed by atoms with van der Waals surface area (Å²) in [6, 6.07) is 18.4. The molecular weight excluding hydrogens is 540 g/mol. The van der Waals surface area contributed by atoms with Crippen LogP contribution in [0.5, 0.6) is 0 Å². The summed E-state index contributed by atoms with van der Waals surface area (Å²) in [6.07, 6.45) is 10.7. The number of amides is 2. The Kier molecular flexibility index (Phi) is 11.0. The molecule has 2 saturated carbocycles. The second kappa shape index (κ2) is 15.3. The van der Waals surface area contributed by atoms with E-state index in [4.69, 9.17) is 0 Å². The van der Waals surface area contributed by atoms with Gasteiger partial charge in [-0.25, -0.2) is 4.98 Å². The summed E-state index contributed by atoms with van der Waals surface area (Å²) in [6.45, 7) is 0. The summed E-state index contributed by atoms with van der Waals surface area (Å²) < 4.78 is 0. The lowest BCUT2D eigenvalue weighted by Crippen LogP contribution is -2.56. The lowest BCUT2D eigenvalue weighted by Gasteiger charge is -2.33. The highest BCUT2D eigenvalue weighted by Gasteiger charge is 2.40. The zero-order chi connectivity index (χ0) is 30.0. The van der Waals surface area contributed by atoms with Crippen LogP contribution in [-0.2, 0) is 28.9 Å². The van der Waals surface area contributed by atoms with Gasteiger partial charge in [-0.05, 0) is 55.1 Å². The number of aliphatic hydroxyl groups excluding tert-OH is 2. The third-order valence-corrected chi connectivity index (χ3v) is 9.14. The van der Waals surface area contributed by atoms with E-state index in [2.05, 4.69) is 20.6 Å². The summed E-state index contributed by atoms with van der Waals surface area (Å²) in [7, 11) is 0. The third kappa shape index (κ3) is 9.25.